The van der Waals surface area contributed by atoms with Gasteiger partial charge in [0.2, 0.25) is 0 Å². The van der Waals surface area contributed by atoms with E-state index in [0.29, 0.717) is 0 Å². The van der Waals surface area contributed by atoms with E-state index in [1.807, 2.05) is 30.3 Å². The van der Waals surface area contributed by atoms with Crippen LogP contribution in [-0.4, -0.2) is 15.0 Å². The number of rotatable bonds is 1. The fourth-order valence-corrected chi connectivity index (χ4v) is 2.51. The normalized spacial score (nSPS) is 11.4. The molecule has 3 heteroatoms. The summed E-state index contributed by atoms with van der Waals surface area (Å²) in [6.45, 7) is 3.78. The number of hydrogen-bond acceptors (Lipinski definition) is 2. The maximum atomic E-state index is 4.65. The van der Waals surface area contributed by atoms with Crippen LogP contribution in [0, 0.1) is 0 Å². The zero-order chi connectivity index (χ0) is 12.8. The maximum Gasteiger partial charge on any atom is 0.0873 e. The molecule has 2 aromatic heterocycles. The number of benzene rings is 2. The largest absolute Gasteiger partial charge is 0.352 e. The Morgan fingerprint density at radius 1 is 1.00 bits per heavy atom. The van der Waals surface area contributed by atoms with Crippen molar-refractivity contribution in [3.05, 3.63) is 54.9 Å². The molecule has 2 aromatic carbocycles. The fraction of sp³-hybridized carbons (Fsp3) is 0. The molecule has 2 heterocycles. The Labute approximate surface area is 109 Å². The Morgan fingerprint density at radius 3 is 2.74 bits per heavy atom. The Morgan fingerprint density at radius 2 is 1.84 bits per heavy atom. The van der Waals surface area contributed by atoms with E-state index in [1.165, 1.54) is 0 Å². The predicted octanol–water partition coefficient (Wildman–Crippen LogP) is 3.91. The summed E-state index contributed by atoms with van der Waals surface area (Å²) in [6, 6.07) is 12.2. The van der Waals surface area contributed by atoms with Gasteiger partial charge in [0.1, 0.15) is 0 Å². The zero-order valence-electron chi connectivity index (χ0n) is 10.2. The second-order valence-corrected chi connectivity index (χ2v) is 4.53. The van der Waals surface area contributed by atoms with Crippen LogP contribution in [0.1, 0.15) is 5.69 Å². The van der Waals surface area contributed by atoms with Crippen molar-refractivity contribution in [2.75, 3.05) is 0 Å². The molecule has 0 radical (unpaired) electrons. The Balaban J connectivity index is 2.30. The Bertz CT molecular complexity index is 935. The molecular formula is C16H11N3. The molecule has 0 atom stereocenters. The maximum absolute atomic E-state index is 4.65. The van der Waals surface area contributed by atoms with E-state index in [0.717, 1.165) is 38.5 Å². The standard InChI is InChI=1S/C16H11N3/c1-2-10-9-17-14-8-7-13-15(16(14)18-10)11-5-3-4-6-12(11)19-13/h2-9,18H,1H2. The lowest BCUT2D eigenvalue weighted by Gasteiger charge is -2.02. The molecule has 0 aliphatic carbocycles. The van der Waals surface area contributed by atoms with Gasteiger partial charge in [0.15, 0.2) is 0 Å². The third-order valence-corrected chi connectivity index (χ3v) is 3.41. The minimum absolute atomic E-state index is 0.908. The predicted molar refractivity (Wildman–Crippen MR) is 79.0 cm³/mol. The smallest absolute Gasteiger partial charge is 0.0873 e. The summed E-state index contributed by atoms with van der Waals surface area (Å²) < 4.78 is 0. The highest BCUT2D eigenvalue weighted by atomic mass is 14.8. The topological polar surface area (TPSA) is 41.6 Å². The highest BCUT2D eigenvalue weighted by molar-refractivity contribution is 6.18. The highest BCUT2D eigenvalue weighted by Crippen LogP contribution is 2.30. The summed E-state index contributed by atoms with van der Waals surface area (Å²) in [5.41, 5.74) is 4.88. The number of nitrogens with one attached hydrogen (secondary N) is 1. The first-order chi connectivity index (χ1) is 9.36. The number of para-hydroxylation sites is 1. The lowest BCUT2D eigenvalue weighted by Crippen LogP contribution is -1.87. The van der Waals surface area contributed by atoms with Crippen LogP contribution in [0.2, 0.25) is 0 Å². The molecule has 0 fully saturated rings. The van der Waals surface area contributed by atoms with Gasteiger partial charge in [-0.3, -0.25) is 4.98 Å². The van der Waals surface area contributed by atoms with Gasteiger partial charge in [-0.1, -0.05) is 24.8 Å². The van der Waals surface area contributed by atoms with E-state index >= 15 is 0 Å². The van der Waals surface area contributed by atoms with Crippen molar-refractivity contribution in [1.82, 2.24) is 15.0 Å². The SMILES string of the molecule is C=Cc1cnc2ccc3nc4ccccc4c3c2[nH]1. The van der Waals surface area contributed by atoms with Crippen molar-refractivity contribution in [2.45, 2.75) is 0 Å². The molecule has 1 N–H and O–H groups in total. The summed E-state index contributed by atoms with van der Waals surface area (Å²) >= 11 is 0. The molecule has 0 amide bonds. The van der Waals surface area contributed by atoms with Crippen LogP contribution in [0.3, 0.4) is 0 Å². The van der Waals surface area contributed by atoms with E-state index in [1.54, 1.807) is 12.3 Å². The van der Waals surface area contributed by atoms with E-state index in [2.05, 4.69) is 27.6 Å². The van der Waals surface area contributed by atoms with Gasteiger partial charge in [0.05, 0.1) is 34.0 Å². The van der Waals surface area contributed by atoms with Gasteiger partial charge in [-0.05, 0) is 24.3 Å². The lowest BCUT2D eigenvalue weighted by atomic mass is 10.1. The number of fused-ring (bicyclic) bond motifs is 5. The van der Waals surface area contributed by atoms with Crippen LogP contribution in [0.15, 0.2) is 49.2 Å². The molecule has 90 valence electrons. The van der Waals surface area contributed by atoms with Crippen LogP contribution in [0.4, 0.5) is 0 Å². The molecule has 0 spiro atoms. The van der Waals surface area contributed by atoms with Crippen LogP contribution in [0.5, 0.6) is 0 Å². The number of aromatic amines is 1. The first kappa shape index (κ1) is 10.3. The summed E-state index contributed by atoms with van der Waals surface area (Å²) in [4.78, 5) is 12.5. The minimum atomic E-state index is 0.908. The molecule has 19 heavy (non-hydrogen) atoms. The monoisotopic (exact) mass is 245 g/mol. The van der Waals surface area contributed by atoms with E-state index in [4.69, 9.17) is 0 Å². The summed E-state index contributed by atoms with van der Waals surface area (Å²) in [6.07, 6.45) is 3.56. The van der Waals surface area contributed by atoms with Gasteiger partial charge >= 0.3 is 0 Å². The van der Waals surface area contributed by atoms with E-state index in [-0.39, 0.29) is 0 Å². The minimum Gasteiger partial charge on any atom is -0.352 e. The second-order valence-electron chi connectivity index (χ2n) is 4.53. The van der Waals surface area contributed by atoms with Crippen molar-refractivity contribution in [3.63, 3.8) is 0 Å². The molecule has 3 nitrogen and oxygen atoms in total. The molecule has 0 saturated carbocycles. The van der Waals surface area contributed by atoms with Crippen LogP contribution in [-0.2, 0) is 0 Å². The molecule has 0 aliphatic heterocycles. The van der Waals surface area contributed by atoms with Crippen molar-refractivity contribution in [1.29, 1.82) is 0 Å². The highest BCUT2D eigenvalue weighted by Gasteiger charge is 2.09. The fourth-order valence-electron chi connectivity index (χ4n) is 2.51. The summed E-state index contributed by atoms with van der Waals surface area (Å²) in [7, 11) is 0. The second kappa shape index (κ2) is 3.65. The average Bonchev–Trinajstić information content (AvgIpc) is 2.85. The number of hydrogen-bond donors (Lipinski definition) is 1. The number of nitrogens with zero attached hydrogens (tertiary/aromatic N) is 2. The van der Waals surface area contributed by atoms with Gasteiger partial charge in [-0.15, -0.1) is 0 Å². The first-order valence-corrected chi connectivity index (χ1v) is 6.15. The molecular weight excluding hydrogens is 234 g/mol. The van der Waals surface area contributed by atoms with Crippen LogP contribution < -0.4 is 0 Å². The summed E-state index contributed by atoms with van der Waals surface area (Å²) in [5.74, 6) is 0. The summed E-state index contributed by atoms with van der Waals surface area (Å²) in [5, 5.41) is 2.28. The van der Waals surface area contributed by atoms with E-state index < -0.39 is 0 Å². The van der Waals surface area contributed by atoms with Crippen LogP contribution >= 0.6 is 0 Å². The van der Waals surface area contributed by atoms with Gasteiger partial charge < -0.3 is 4.98 Å². The lowest BCUT2D eigenvalue weighted by molar-refractivity contribution is 1.28. The van der Waals surface area contributed by atoms with Crippen molar-refractivity contribution >= 4 is 38.9 Å². The number of H-pyrrole nitrogens is 1. The number of aromatic nitrogens is 3. The van der Waals surface area contributed by atoms with Crippen LogP contribution in [0.25, 0.3) is 38.9 Å². The molecule has 0 saturated heterocycles. The molecule has 0 aliphatic rings. The molecule has 4 aromatic rings. The molecule has 0 bridgehead atoms. The Hall–Kier alpha value is -2.68. The zero-order valence-corrected chi connectivity index (χ0v) is 10.2. The third-order valence-electron chi connectivity index (χ3n) is 3.41. The van der Waals surface area contributed by atoms with Crippen molar-refractivity contribution in [2.24, 2.45) is 0 Å². The van der Waals surface area contributed by atoms with Crippen molar-refractivity contribution < 1.29 is 0 Å². The third kappa shape index (κ3) is 1.38. The van der Waals surface area contributed by atoms with Crippen molar-refractivity contribution in [3.8, 4) is 0 Å². The average molecular weight is 245 g/mol. The first-order valence-electron chi connectivity index (χ1n) is 6.15. The molecule has 0 unspecified atom stereocenters. The van der Waals surface area contributed by atoms with E-state index in [9.17, 15) is 0 Å². The van der Waals surface area contributed by atoms with Gasteiger partial charge in [-0.2, -0.15) is 0 Å². The quantitative estimate of drug-likeness (QED) is 0.552. The Kier molecular flexibility index (Phi) is 1.97. The van der Waals surface area contributed by atoms with Gasteiger partial charge in [-0.25, -0.2) is 4.98 Å². The van der Waals surface area contributed by atoms with Gasteiger partial charge in [0, 0.05) is 10.8 Å². The van der Waals surface area contributed by atoms with Gasteiger partial charge in [0.25, 0.3) is 0 Å². The molecule has 4 rings (SSSR count).